The largest absolute Gasteiger partial charge is 0.481 e. The van der Waals surface area contributed by atoms with Gasteiger partial charge in [-0.2, -0.15) is 0 Å². The quantitative estimate of drug-likeness (QED) is 0.673. The van der Waals surface area contributed by atoms with E-state index in [0.717, 1.165) is 43.7 Å². The molecule has 27 heavy (non-hydrogen) atoms. The standard InChI is InChI=1S/C20H29N3O4/c1-14-11-23(9-6-20(25)26)12-15-10-16(2-3-18(14)15)22-19(24)13-27-17-4-7-21-8-5-17/h2-3,10,14,17,21H,4-9,11-13H2,1H3,(H,22,24)(H,25,26). The van der Waals surface area contributed by atoms with Gasteiger partial charge in [-0.1, -0.05) is 13.0 Å². The Kier molecular flexibility index (Phi) is 6.82. The van der Waals surface area contributed by atoms with Gasteiger partial charge < -0.3 is 20.5 Å². The summed E-state index contributed by atoms with van der Waals surface area (Å²) in [6, 6.07) is 6.00. The van der Waals surface area contributed by atoms with Crippen molar-refractivity contribution in [3.05, 3.63) is 29.3 Å². The first kappa shape index (κ1) is 19.8. The fourth-order valence-electron chi connectivity index (χ4n) is 3.87. The number of nitrogens with one attached hydrogen (secondary N) is 2. The maximum atomic E-state index is 12.2. The number of carboxylic acids is 1. The predicted molar refractivity (Wildman–Crippen MR) is 103 cm³/mol. The maximum Gasteiger partial charge on any atom is 0.304 e. The maximum absolute atomic E-state index is 12.2. The molecule has 1 amide bonds. The number of carbonyl (C=O) groups excluding carboxylic acids is 1. The number of hydrogen-bond donors (Lipinski definition) is 3. The Balaban J connectivity index is 1.55. The molecule has 1 fully saturated rings. The van der Waals surface area contributed by atoms with E-state index in [1.807, 2.05) is 12.1 Å². The smallest absolute Gasteiger partial charge is 0.304 e. The summed E-state index contributed by atoms with van der Waals surface area (Å²) < 4.78 is 5.70. The van der Waals surface area contributed by atoms with Crippen LogP contribution in [-0.4, -0.2) is 60.8 Å². The van der Waals surface area contributed by atoms with Crippen LogP contribution in [0.25, 0.3) is 0 Å². The van der Waals surface area contributed by atoms with E-state index in [4.69, 9.17) is 9.84 Å². The highest BCUT2D eigenvalue weighted by Gasteiger charge is 2.23. The van der Waals surface area contributed by atoms with Crippen LogP contribution in [0, 0.1) is 0 Å². The highest BCUT2D eigenvalue weighted by atomic mass is 16.5. The van der Waals surface area contributed by atoms with Gasteiger partial charge in [0.2, 0.25) is 5.91 Å². The van der Waals surface area contributed by atoms with Crippen molar-refractivity contribution >= 4 is 17.6 Å². The molecule has 1 aromatic carbocycles. The van der Waals surface area contributed by atoms with Gasteiger partial charge in [-0.15, -0.1) is 0 Å². The lowest BCUT2D eigenvalue weighted by Crippen LogP contribution is -2.34. The summed E-state index contributed by atoms with van der Waals surface area (Å²) >= 11 is 0. The van der Waals surface area contributed by atoms with Crippen LogP contribution in [0.3, 0.4) is 0 Å². The summed E-state index contributed by atoms with van der Waals surface area (Å²) in [5.74, 6) is -0.571. The molecule has 3 rings (SSSR count). The van der Waals surface area contributed by atoms with Crippen molar-refractivity contribution in [1.29, 1.82) is 0 Å². The number of piperidine rings is 1. The van der Waals surface area contributed by atoms with Gasteiger partial charge in [0.15, 0.2) is 0 Å². The molecule has 2 heterocycles. The summed E-state index contributed by atoms with van der Waals surface area (Å²) in [4.78, 5) is 25.2. The lowest BCUT2D eigenvalue weighted by molar-refractivity contribution is -0.137. The minimum absolute atomic E-state index is 0.0723. The average Bonchev–Trinajstić information content (AvgIpc) is 2.65. The van der Waals surface area contributed by atoms with Crippen LogP contribution in [0.15, 0.2) is 18.2 Å². The van der Waals surface area contributed by atoms with Crippen LogP contribution in [0.4, 0.5) is 5.69 Å². The Hall–Kier alpha value is -1.96. The molecular formula is C20H29N3O4. The number of nitrogens with zero attached hydrogens (tertiary/aromatic N) is 1. The molecule has 1 unspecified atom stereocenters. The van der Waals surface area contributed by atoms with E-state index in [1.54, 1.807) is 0 Å². The normalized spacial score (nSPS) is 20.9. The highest BCUT2D eigenvalue weighted by Crippen LogP contribution is 2.30. The van der Waals surface area contributed by atoms with Crippen LogP contribution < -0.4 is 10.6 Å². The second-order valence-electron chi connectivity index (χ2n) is 7.50. The SMILES string of the molecule is CC1CN(CCC(=O)O)Cc2cc(NC(=O)COC3CCNCC3)ccc21. The van der Waals surface area contributed by atoms with Gasteiger partial charge >= 0.3 is 5.97 Å². The van der Waals surface area contributed by atoms with Gasteiger partial charge in [0, 0.05) is 25.3 Å². The van der Waals surface area contributed by atoms with Crippen LogP contribution >= 0.6 is 0 Å². The zero-order chi connectivity index (χ0) is 19.2. The number of carbonyl (C=O) groups is 2. The number of anilines is 1. The Morgan fingerprint density at radius 3 is 2.85 bits per heavy atom. The molecule has 0 radical (unpaired) electrons. The first-order valence-corrected chi connectivity index (χ1v) is 9.70. The predicted octanol–water partition coefficient (Wildman–Crippen LogP) is 1.79. The number of aliphatic carboxylic acids is 1. The fraction of sp³-hybridized carbons (Fsp3) is 0.600. The van der Waals surface area contributed by atoms with Crippen LogP contribution in [0.1, 0.15) is 43.2 Å². The van der Waals surface area contributed by atoms with E-state index in [2.05, 4.69) is 28.5 Å². The third-order valence-corrected chi connectivity index (χ3v) is 5.26. The van der Waals surface area contributed by atoms with Crippen molar-refractivity contribution in [2.45, 2.75) is 44.8 Å². The first-order chi connectivity index (χ1) is 13.0. The van der Waals surface area contributed by atoms with Gasteiger partial charge in [0.25, 0.3) is 0 Å². The molecule has 0 aromatic heterocycles. The molecule has 7 heteroatoms. The number of hydrogen-bond acceptors (Lipinski definition) is 5. The monoisotopic (exact) mass is 375 g/mol. The number of fused-ring (bicyclic) bond motifs is 1. The van der Waals surface area contributed by atoms with Crippen molar-refractivity contribution in [1.82, 2.24) is 10.2 Å². The van der Waals surface area contributed by atoms with Crippen molar-refractivity contribution in [2.75, 3.05) is 38.1 Å². The van der Waals surface area contributed by atoms with E-state index in [1.165, 1.54) is 5.56 Å². The van der Waals surface area contributed by atoms with Gasteiger partial charge in [-0.25, -0.2) is 0 Å². The van der Waals surface area contributed by atoms with E-state index in [-0.39, 0.29) is 25.0 Å². The zero-order valence-corrected chi connectivity index (χ0v) is 15.9. The van der Waals surface area contributed by atoms with Gasteiger partial charge in [-0.05, 0) is 55.1 Å². The van der Waals surface area contributed by atoms with E-state index in [9.17, 15) is 9.59 Å². The molecule has 148 valence electrons. The molecule has 1 aromatic rings. The molecule has 1 atom stereocenters. The van der Waals surface area contributed by atoms with Crippen molar-refractivity contribution in [3.63, 3.8) is 0 Å². The third-order valence-electron chi connectivity index (χ3n) is 5.26. The van der Waals surface area contributed by atoms with Gasteiger partial charge in [0.1, 0.15) is 6.61 Å². The summed E-state index contributed by atoms with van der Waals surface area (Å²) in [6.45, 7) is 6.21. The van der Waals surface area contributed by atoms with Gasteiger partial charge in [-0.3, -0.25) is 14.5 Å². The number of rotatable bonds is 7. The lowest BCUT2D eigenvalue weighted by atomic mass is 9.90. The fourth-order valence-corrected chi connectivity index (χ4v) is 3.87. The topological polar surface area (TPSA) is 90.9 Å². The van der Waals surface area contributed by atoms with Crippen molar-refractivity contribution < 1.29 is 19.4 Å². The number of amides is 1. The van der Waals surface area contributed by atoms with E-state index >= 15 is 0 Å². The lowest BCUT2D eigenvalue weighted by Gasteiger charge is -2.33. The van der Waals surface area contributed by atoms with Crippen molar-refractivity contribution in [2.24, 2.45) is 0 Å². The zero-order valence-electron chi connectivity index (χ0n) is 15.9. The minimum atomic E-state index is -0.775. The summed E-state index contributed by atoms with van der Waals surface area (Å²) in [6.07, 6.45) is 2.18. The van der Waals surface area contributed by atoms with E-state index < -0.39 is 5.97 Å². The summed E-state index contributed by atoms with van der Waals surface area (Å²) in [7, 11) is 0. The highest BCUT2D eigenvalue weighted by molar-refractivity contribution is 5.91. The Morgan fingerprint density at radius 1 is 1.33 bits per heavy atom. The molecule has 0 saturated carbocycles. The number of ether oxygens (including phenoxy) is 1. The summed E-state index contributed by atoms with van der Waals surface area (Å²) in [5.41, 5.74) is 3.18. The van der Waals surface area contributed by atoms with Crippen LogP contribution in [0.2, 0.25) is 0 Å². The average molecular weight is 375 g/mol. The number of benzene rings is 1. The molecule has 2 aliphatic heterocycles. The molecule has 0 bridgehead atoms. The molecule has 0 spiro atoms. The second-order valence-corrected chi connectivity index (χ2v) is 7.50. The second kappa shape index (κ2) is 9.30. The molecule has 7 nitrogen and oxygen atoms in total. The van der Waals surface area contributed by atoms with Gasteiger partial charge in [0.05, 0.1) is 12.5 Å². The first-order valence-electron chi connectivity index (χ1n) is 9.70. The number of carboxylic acid groups (broad SMARTS) is 1. The third kappa shape index (κ3) is 5.76. The molecule has 2 aliphatic rings. The molecule has 1 saturated heterocycles. The molecular weight excluding hydrogens is 346 g/mol. The Morgan fingerprint density at radius 2 is 2.11 bits per heavy atom. The Bertz CT molecular complexity index is 673. The van der Waals surface area contributed by atoms with Crippen molar-refractivity contribution in [3.8, 4) is 0 Å². The minimum Gasteiger partial charge on any atom is -0.481 e. The Labute approximate surface area is 160 Å². The van der Waals surface area contributed by atoms with E-state index in [0.29, 0.717) is 19.0 Å². The van der Waals surface area contributed by atoms with Crippen LogP contribution in [0.5, 0.6) is 0 Å². The van der Waals surface area contributed by atoms with Crippen LogP contribution in [-0.2, 0) is 20.9 Å². The molecule has 0 aliphatic carbocycles. The summed E-state index contributed by atoms with van der Waals surface area (Å²) in [5, 5.41) is 15.1. The molecule has 3 N–H and O–H groups in total.